The van der Waals surface area contributed by atoms with E-state index in [1.165, 1.54) is 12.2 Å². The third-order valence-corrected chi connectivity index (χ3v) is 9.89. The molecule has 0 amide bonds. The fourth-order valence-electron chi connectivity index (χ4n) is 6.13. The zero-order valence-corrected chi connectivity index (χ0v) is 24.0. The van der Waals surface area contributed by atoms with Gasteiger partial charge >= 0.3 is 12.6 Å². The molecule has 1 N–H and O–H groups in total. The van der Waals surface area contributed by atoms with Crippen molar-refractivity contribution in [2.45, 2.75) is 70.4 Å². The molecule has 11 nitrogen and oxygen atoms in total. The van der Waals surface area contributed by atoms with Crippen LogP contribution in [-0.2, 0) is 19.4 Å². The monoisotopic (exact) mass is 552 g/mol. The van der Waals surface area contributed by atoms with Gasteiger partial charge in [-0.25, -0.2) is 23.1 Å². The number of rotatable bonds is 7. The summed E-state index contributed by atoms with van der Waals surface area (Å²) in [6.45, 7) is 11.9. The van der Waals surface area contributed by atoms with Gasteiger partial charge in [-0.05, 0) is 68.8 Å². The highest BCUT2D eigenvalue weighted by atomic mass is 32.2. The number of likely N-dealkylation sites (N-methyl/N-ethyl adjacent to an activating group) is 1. The summed E-state index contributed by atoms with van der Waals surface area (Å²) in [5.74, 6) is 0.299. The van der Waals surface area contributed by atoms with E-state index in [0.717, 1.165) is 45.4 Å². The molecule has 3 unspecified atom stereocenters. The average Bonchev–Trinajstić information content (AvgIpc) is 3.17. The number of hydroxylamine groups is 2. The molecule has 212 valence electrons. The van der Waals surface area contributed by atoms with Crippen molar-refractivity contribution in [1.82, 2.24) is 14.9 Å². The summed E-state index contributed by atoms with van der Waals surface area (Å²) in [7, 11) is -0.171. The number of aryl methyl sites for hydroxylation is 2. The zero-order valence-electron chi connectivity index (χ0n) is 23.1. The van der Waals surface area contributed by atoms with Crippen molar-refractivity contribution in [2.24, 2.45) is 10.4 Å². The van der Waals surface area contributed by atoms with Crippen LogP contribution in [0.25, 0.3) is 0 Å². The fraction of sp³-hybridized carbons (Fsp3) is 0.692. The number of carboxylic acid groups (broad SMARTS) is 1. The second-order valence-corrected chi connectivity index (χ2v) is 13.2. The molecule has 0 aromatic heterocycles. The van der Waals surface area contributed by atoms with E-state index in [9.17, 15) is 13.2 Å². The Bertz CT molecular complexity index is 1160. The van der Waals surface area contributed by atoms with Crippen molar-refractivity contribution in [3.05, 3.63) is 23.3 Å². The van der Waals surface area contributed by atoms with E-state index in [2.05, 4.69) is 35.7 Å². The Hall–Kier alpha value is -2.41. The molecule has 0 bridgehead atoms. The van der Waals surface area contributed by atoms with Crippen molar-refractivity contribution in [2.75, 3.05) is 46.1 Å². The molecule has 0 radical (unpaired) electrons. The van der Waals surface area contributed by atoms with Gasteiger partial charge in [-0.2, -0.15) is 4.99 Å². The number of carbonyl (C=O) groups is 1. The van der Waals surface area contributed by atoms with E-state index < -0.39 is 28.2 Å². The largest absolute Gasteiger partial charge is 0.509 e. The Morgan fingerprint density at radius 2 is 1.79 bits per heavy atom. The predicted octanol–water partition coefficient (Wildman–Crippen LogP) is 2.90. The molecule has 1 saturated heterocycles. The predicted molar refractivity (Wildman–Crippen MR) is 142 cm³/mol. The third-order valence-electron chi connectivity index (χ3n) is 7.99. The maximum Gasteiger partial charge on any atom is 0.509 e. The molecule has 2 aliphatic heterocycles. The lowest BCUT2D eigenvalue weighted by Crippen LogP contribution is -2.57. The summed E-state index contributed by atoms with van der Waals surface area (Å²) in [6.07, 6.45) is -0.394. The molecule has 3 aliphatic rings. The Kier molecular flexibility index (Phi) is 8.27. The van der Waals surface area contributed by atoms with Crippen LogP contribution < -0.4 is 4.74 Å². The van der Waals surface area contributed by atoms with Crippen LogP contribution in [0.15, 0.2) is 22.0 Å². The minimum absolute atomic E-state index is 0.155. The van der Waals surface area contributed by atoms with E-state index >= 15 is 0 Å². The molecular formula is C26H40N4O7S. The van der Waals surface area contributed by atoms with Crippen molar-refractivity contribution >= 4 is 21.8 Å². The number of methoxy groups -OCH3 is 1. The first-order chi connectivity index (χ1) is 17.8. The smallest absolute Gasteiger partial charge is 0.497 e. The van der Waals surface area contributed by atoms with Crippen LogP contribution in [0.3, 0.4) is 0 Å². The van der Waals surface area contributed by atoms with Crippen LogP contribution >= 0.6 is 0 Å². The molecule has 0 spiro atoms. The number of benzene rings is 1. The van der Waals surface area contributed by atoms with Gasteiger partial charge in [0.15, 0.2) is 9.84 Å². The molecule has 2 heterocycles. The van der Waals surface area contributed by atoms with Crippen molar-refractivity contribution in [1.29, 1.82) is 0 Å². The first-order valence-corrected chi connectivity index (χ1v) is 14.7. The Labute approximate surface area is 225 Å². The van der Waals surface area contributed by atoms with Gasteiger partial charge in [-0.1, -0.05) is 13.8 Å². The number of amidine groups is 1. The van der Waals surface area contributed by atoms with Crippen LogP contribution in [0.4, 0.5) is 4.79 Å². The maximum atomic E-state index is 13.7. The molecule has 4 rings (SSSR count). The van der Waals surface area contributed by atoms with E-state index in [1.807, 2.05) is 0 Å². The summed E-state index contributed by atoms with van der Waals surface area (Å²) in [5.41, 5.74) is 0.888. The van der Waals surface area contributed by atoms with Crippen molar-refractivity contribution < 1.29 is 32.6 Å². The summed E-state index contributed by atoms with van der Waals surface area (Å²) in [5, 5.41) is 10.7. The van der Waals surface area contributed by atoms with Gasteiger partial charge in [-0.15, -0.1) is 0 Å². The highest BCUT2D eigenvalue weighted by Crippen LogP contribution is 2.42. The molecular weight excluding hydrogens is 512 g/mol. The lowest BCUT2D eigenvalue weighted by Gasteiger charge is -2.49. The molecule has 1 aromatic rings. The lowest BCUT2D eigenvalue weighted by molar-refractivity contribution is -0.240. The second kappa shape index (κ2) is 11.0. The van der Waals surface area contributed by atoms with E-state index in [-0.39, 0.29) is 22.2 Å². The topological polar surface area (TPSA) is 121 Å². The van der Waals surface area contributed by atoms with Gasteiger partial charge < -0.3 is 19.5 Å². The summed E-state index contributed by atoms with van der Waals surface area (Å²) >= 11 is 0. The standard InChI is InChI=1S/C26H40N4O7S/c1-17-13-20(35-6)14-18(2)23(17)38(33,34)16-22-27-24(36-25(31)32)37-30(22)21-8-7-19(15-26(21,3)4)29-11-9-28(5)10-12-29/h13-14,19,21,24H,7-12,15-16H2,1-6H3,(H,31,32). The van der Waals surface area contributed by atoms with Gasteiger partial charge in [0, 0.05) is 32.2 Å². The van der Waals surface area contributed by atoms with Gasteiger partial charge in [0.1, 0.15) is 17.3 Å². The van der Waals surface area contributed by atoms with Gasteiger partial charge in [0.05, 0.1) is 18.0 Å². The Balaban J connectivity index is 1.58. The molecule has 12 heteroatoms. The summed E-state index contributed by atoms with van der Waals surface area (Å²) in [4.78, 5) is 26.5. The van der Waals surface area contributed by atoms with Gasteiger partial charge in [-0.3, -0.25) is 4.90 Å². The minimum atomic E-state index is -3.85. The summed E-state index contributed by atoms with van der Waals surface area (Å²) < 4.78 is 37.4. The van der Waals surface area contributed by atoms with Crippen molar-refractivity contribution in [3.8, 4) is 5.75 Å². The fourth-order valence-corrected chi connectivity index (χ4v) is 7.91. The number of nitrogens with zero attached hydrogens (tertiary/aromatic N) is 4. The number of hydrogen-bond acceptors (Lipinski definition) is 10. The van der Waals surface area contributed by atoms with Crippen LogP contribution in [0.2, 0.25) is 0 Å². The van der Waals surface area contributed by atoms with Crippen LogP contribution in [-0.4, -0.2) is 105 Å². The maximum absolute atomic E-state index is 13.7. The number of ether oxygens (including phenoxy) is 2. The molecule has 1 aromatic carbocycles. The first-order valence-electron chi connectivity index (χ1n) is 13.0. The molecule has 1 aliphatic carbocycles. The van der Waals surface area contributed by atoms with Gasteiger partial charge in [0.2, 0.25) is 0 Å². The van der Waals surface area contributed by atoms with E-state index in [4.69, 9.17) is 19.4 Å². The van der Waals surface area contributed by atoms with Crippen LogP contribution in [0.1, 0.15) is 44.2 Å². The number of aliphatic imine (C=N–C) groups is 1. The molecule has 1 saturated carbocycles. The highest BCUT2D eigenvalue weighted by Gasteiger charge is 2.47. The summed E-state index contributed by atoms with van der Waals surface area (Å²) in [6, 6.07) is 3.60. The quantitative estimate of drug-likeness (QED) is 0.506. The normalized spacial score (nSPS) is 26.7. The second-order valence-electron chi connectivity index (χ2n) is 11.3. The number of piperazine rings is 1. The zero-order chi connectivity index (χ0) is 27.8. The van der Waals surface area contributed by atoms with Crippen LogP contribution in [0, 0.1) is 19.3 Å². The molecule has 38 heavy (non-hydrogen) atoms. The third kappa shape index (κ3) is 6.08. The molecule has 3 atom stereocenters. The van der Waals surface area contributed by atoms with Gasteiger partial charge in [0.25, 0.3) is 0 Å². The van der Waals surface area contributed by atoms with Crippen LogP contribution in [0.5, 0.6) is 5.75 Å². The number of sulfone groups is 1. The van der Waals surface area contributed by atoms with E-state index in [1.54, 1.807) is 26.0 Å². The first kappa shape index (κ1) is 28.6. The lowest BCUT2D eigenvalue weighted by atomic mass is 9.70. The van der Waals surface area contributed by atoms with E-state index in [0.29, 0.717) is 22.9 Å². The number of hydrogen-bond donors (Lipinski definition) is 1. The van der Waals surface area contributed by atoms with Crippen molar-refractivity contribution in [3.63, 3.8) is 0 Å². The SMILES string of the molecule is COc1cc(C)c(S(=O)(=O)CC2=NC(OC(=O)O)ON2C2CCC(N3CCN(C)CC3)CC2(C)C)c(C)c1. The minimum Gasteiger partial charge on any atom is -0.497 e. The molecule has 2 fully saturated rings. The Morgan fingerprint density at radius 3 is 2.34 bits per heavy atom. The Morgan fingerprint density at radius 1 is 1.16 bits per heavy atom. The highest BCUT2D eigenvalue weighted by molar-refractivity contribution is 7.92. The average molecular weight is 553 g/mol.